The molecule has 100 valence electrons. The van der Waals surface area contributed by atoms with Gasteiger partial charge in [0.1, 0.15) is 10.7 Å². The maximum atomic E-state index is 13.1. The van der Waals surface area contributed by atoms with Crippen molar-refractivity contribution in [3.8, 4) is 0 Å². The van der Waals surface area contributed by atoms with E-state index in [1.54, 1.807) is 24.3 Å². The number of sulfonamides is 1. The van der Waals surface area contributed by atoms with E-state index in [4.69, 9.17) is 11.6 Å². The molecular weight excluding hydrogens is 404 g/mol. The van der Waals surface area contributed by atoms with E-state index in [9.17, 15) is 12.8 Å². The molecule has 0 unspecified atom stereocenters. The van der Waals surface area contributed by atoms with Crippen LogP contribution in [-0.4, -0.2) is 8.42 Å². The van der Waals surface area contributed by atoms with E-state index in [0.29, 0.717) is 5.69 Å². The number of anilines is 1. The summed E-state index contributed by atoms with van der Waals surface area (Å²) in [7, 11) is -3.92. The largest absolute Gasteiger partial charge is 0.279 e. The van der Waals surface area contributed by atoms with Crippen LogP contribution in [0, 0.1) is 9.39 Å². The van der Waals surface area contributed by atoms with E-state index >= 15 is 0 Å². The van der Waals surface area contributed by atoms with Crippen LogP contribution < -0.4 is 4.72 Å². The van der Waals surface area contributed by atoms with Crippen LogP contribution in [0.1, 0.15) is 0 Å². The Morgan fingerprint density at radius 3 is 2.53 bits per heavy atom. The quantitative estimate of drug-likeness (QED) is 0.779. The van der Waals surface area contributed by atoms with Crippen molar-refractivity contribution in [2.45, 2.75) is 4.90 Å². The summed E-state index contributed by atoms with van der Waals surface area (Å²) in [4.78, 5) is -0.284. The molecule has 0 aromatic heterocycles. The minimum Gasteiger partial charge on any atom is -0.279 e. The fourth-order valence-electron chi connectivity index (χ4n) is 1.43. The Kier molecular flexibility index (Phi) is 4.32. The van der Waals surface area contributed by atoms with Gasteiger partial charge in [-0.05, 0) is 52.9 Å². The lowest BCUT2D eigenvalue weighted by molar-refractivity contribution is 0.595. The third-order valence-corrected chi connectivity index (χ3v) is 5.09. The lowest BCUT2D eigenvalue weighted by atomic mass is 10.3. The SMILES string of the molecule is O=S(=O)(Nc1ccccc1I)c1cc(F)ccc1Cl. The van der Waals surface area contributed by atoms with Crippen LogP contribution in [-0.2, 0) is 10.0 Å². The fourth-order valence-corrected chi connectivity index (χ4v) is 3.72. The van der Waals surface area contributed by atoms with Crippen LogP contribution in [0.5, 0.6) is 0 Å². The Bertz CT molecular complexity index is 721. The Balaban J connectivity index is 2.44. The molecule has 0 spiro atoms. The summed E-state index contributed by atoms with van der Waals surface area (Å²) in [5, 5.41) is -0.0279. The highest BCUT2D eigenvalue weighted by Crippen LogP contribution is 2.26. The minimum absolute atomic E-state index is 0.0279. The molecule has 0 aliphatic rings. The molecule has 0 aliphatic carbocycles. The van der Waals surface area contributed by atoms with E-state index in [1.165, 1.54) is 6.07 Å². The molecule has 1 N–H and O–H groups in total. The minimum atomic E-state index is -3.92. The molecule has 0 fully saturated rings. The van der Waals surface area contributed by atoms with Crippen molar-refractivity contribution < 1.29 is 12.8 Å². The van der Waals surface area contributed by atoms with Gasteiger partial charge in [-0.25, -0.2) is 12.8 Å². The van der Waals surface area contributed by atoms with Gasteiger partial charge in [-0.15, -0.1) is 0 Å². The first kappa shape index (κ1) is 14.5. The highest BCUT2D eigenvalue weighted by molar-refractivity contribution is 14.1. The number of para-hydroxylation sites is 1. The average Bonchev–Trinajstić information content (AvgIpc) is 2.35. The summed E-state index contributed by atoms with van der Waals surface area (Å²) in [6.45, 7) is 0. The van der Waals surface area contributed by atoms with Crippen molar-refractivity contribution in [1.29, 1.82) is 0 Å². The van der Waals surface area contributed by atoms with Crippen molar-refractivity contribution in [3.05, 3.63) is 56.9 Å². The normalized spacial score (nSPS) is 11.3. The number of benzene rings is 2. The van der Waals surface area contributed by atoms with Crippen LogP contribution in [0.25, 0.3) is 0 Å². The van der Waals surface area contributed by atoms with Gasteiger partial charge in [0, 0.05) is 3.57 Å². The van der Waals surface area contributed by atoms with Crippen LogP contribution in [0.2, 0.25) is 5.02 Å². The molecule has 2 aromatic carbocycles. The molecule has 0 heterocycles. The average molecular weight is 412 g/mol. The second kappa shape index (κ2) is 5.64. The summed E-state index contributed by atoms with van der Waals surface area (Å²) in [5.41, 5.74) is 0.420. The molecule has 3 nitrogen and oxygen atoms in total. The van der Waals surface area contributed by atoms with Gasteiger partial charge in [0.2, 0.25) is 0 Å². The molecule has 0 radical (unpaired) electrons. The van der Waals surface area contributed by atoms with E-state index in [-0.39, 0.29) is 9.92 Å². The lowest BCUT2D eigenvalue weighted by Gasteiger charge is -2.10. The molecule has 2 rings (SSSR count). The Morgan fingerprint density at radius 2 is 1.84 bits per heavy atom. The predicted molar refractivity (Wildman–Crippen MR) is 81.4 cm³/mol. The van der Waals surface area contributed by atoms with E-state index in [1.807, 2.05) is 22.6 Å². The predicted octanol–water partition coefficient (Wildman–Crippen LogP) is 3.88. The third kappa shape index (κ3) is 3.37. The molecule has 19 heavy (non-hydrogen) atoms. The molecule has 0 amide bonds. The van der Waals surface area contributed by atoms with Gasteiger partial charge in [-0.3, -0.25) is 4.72 Å². The number of rotatable bonds is 3. The zero-order valence-corrected chi connectivity index (χ0v) is 13.1. The summed E-state index contributed by atoms with van der Waals surface area (Å²) < 4.78 is 40.6. The first-order valence-corrected chi connectivity index (χ1v) is 8.06. The van der Waals surface area contributed by atoms with Gasteiger partial charge in [0.25, 0.3) is 10.0 Å². The lowest BCUT2D eigenvalue weighted by Crippen LogP contribution is -2.14. The van der Waals surface area contributed by atoms with E-state index in [0.717, 1.165) is 15.7 Å². The smallest absolute Gasteiger partial charge is 0.263 e. The molecule has 0 aliphatic heterocycles. The van der Waals surface area contributed by atoms with E-state index in [2.05, 4.69) is 4.72 Å². The van der Waals surface area contributed by atoms with Crippen LogP contribution in [0.15, 0.2) is 47.4 Å². The van der Waals surface area contributed by atoms with Gasteiger partial charge in [-0.2, -0.15) is 0 Å². The first-order valence-electron chi connectivity index (χ1n) is 5.12. The number of nitrogens with one attached hydrogen (secondary N) is 1. The number of hydrogen-bond acceptors (Lipinski definition) is 2. The second-order valence-electron chi connectivity index (χ2n) is 3.66. The third-order valence-electron chi connectivity index (χ3n) is 2.30. The van der Waals surface area contributed by atoms with E-state index < -0.39 is 15.8 Å². The topological polar surface area (TPSA) is 46.2 Å². The van der Waals surface area contributed by atoms with Crippen molar-refractivity contribution in [2.75, 3.05) is 4.72 Å². The van der Waals surface area contributed by atoms with Crippen molar-refractivity contribution >= 4 is 49.9 Å². The molecule has 2 aromatic rings. The maximum Gasteiger partial charge on any atom is 0.263 e. The van der Waals surface area contributed by atoms with Gasteiger partial charge in [0.15, 0.2) is 0 Å². The van der Waals surface area contributed by atoms with Crippen molar-refractivity contribution in [2.24, 2.45) is 0 Å². The van der Waals surface area contributed by atoms with Crippen molar-refractivity contribution in [3.63, 3.8) is 0 Å². The molecule has 0 saturated heterocycles. The van der Waals surface area contributed by atoms with Crippen LogP contribution in [0.4, 0.5) is 10.1 Å². The van der Waals surface area contributed by atoms with Gasteiger partial charge < -0.3 is 0 Å². The number of halogens is 3. The van der Waals surface area contributed by atoms with Gasteiger partial charge in [-0.1, -0.05) is 23.7 Å². The zero-order chi connectivity index (χ0) is 14.0. The summed E-state index contributed by atoms with van der Waals surface area (Å²) >= 11 is 7.80. The van der Waals surface area contributed by atoms with Gasteiger partial charge >= 0.3 is 0 Å². The Labute approximate surface area is 129 Å². The van der Waals surface area contributed by atoms with Crippen molar-refractivity contribution in [1.82, 2.24) is 0 Å². The Morgan fingerprint density at radius 1 is 1.16 bits per heavy atom. The summed E-state index contributed by atoms with van der Waals surface area (Å²) in [6.07, 6.45) is 0. The summed E-state index contributed by atoms with van der Waals surface area (Å²) in [6, 6.07) is 10.1. The highest BCUT2D eigenvalue weighted by atomic mass is 127. The molecule has 7 heteroatoms. The maximum absolute atomic E-state index is 13.1. The first-order chi connectivity index (χ1) is 8.90. The number of hydrogen-bond donors (Lipinski definition) is 1. The monoisotopic (exact) mass is 411 g/mol. The highest BCUT2D eigenvalue weighted by Gasteiger charge is 2.19. The fraction of sp³-hybridized carbons (Fsp3) is 0. The molecule has 0 saturated carbocycles. The summed E-state index contributed by atoms with van der Waals surface area (Å²) in [5.74, 6) is -0.660. The molecule has 0 atom stereocenters. The van der Waals surface area contributed by atoms with Gasteiger partial charge in [0.05, 0.1) is 10.7 Å². The standard InChI is InChI=1S/C12H8ClFINO2S/c13-9-6-5-8(14)7-12(9)19(17,18)16-11-4-2-1-3-10(11)15/h1-7,16H. The zero-order valence-electron chi connectivity index (χ0n) is 9.40. The van der Waals surface area contributed by atoms with Crippen LogP contribution >= 0.6 is 34.2 Å². The van der Waals surface area contributed by atoms with Crippen LogP contribution in [0.3, 0.4) is 0 Å². The molecular formula is C12H8ClFINO2S. The Hall–Kier alpha value is -0.860. The molecule has 0 bridgehead atoms. The second-order valence-corrected chi connectivity index (χ2v) is 6.88.